The van der Waals surface area contributed by atoms with Gasteiger partial charge in [0.1, 0.15) is 0 Å². The summed E-state index contributed by atoms with van der Waals surface area (Å²) >= 11 is 0. The lowest BCUT2D eigenvalue weighted by molar-refractivity contribution is 1.18. The van der Waals surface area contributed by atoms with Crippen molar-refractivity contribution in [1.29, 1.82) is 0 Å². The molecule has 310 valence electrons. The van der Waals surface area contributed by atoms with E-state index in [1.54, 1.807) is 0 Å². The molecule has 12 rings (SSSR count). The molecule has 0 spiro atoms. The first-order valence-corrected chi connectivity index (χ1v) is 22.7. The molecule has 2 nitrogen and oxygen atoms in total. The van der Waals surface area contributed by atoms with Crippen molar-refractivity contribution in [3.8, 4) is 61.3 Å². The summed E-state index contributed by atoms with van der Waals surface area (Å²) in [6.45, 7) is 0. The average molecular weight is 841 g/mol. The van der Waals surface area contributed by atoms with Crippen molar-refractivity contribution >= 4 is 49.6 Å². The SMILES string of the molecule is c1ccc(-c2ccc(-c3ccc(N(c4ccc(-c5cccc(-c6ccccc6)c5-n5c6ccccc6c6ccccc65)cc4)c4cccc(-c5ccc6ccccc6c5)c4)cc3)cc2)cc1. The molecule has 66 heavy (non-hydrogen) atoms. The number of anilines is 3. The summed E-state index contributed by atoms with van der Waals surface area (Å²) in [5.41, 5.74) is 18.6. The molecule has 0 aliphatic carbocycles. The number of rotatable bonds is 9. The van der Waals surface area contributed by atoms with Crippen LogP contribution in [0.25, 0.3) is 93.9 Å². The van der Waals surface area contributed by atoms with Crippen LogP contribution < -0.4 is 4.90 Å². The topological polar surface area (TPSA) is 8.17 Å². The summed E-state index contributed by atoms with van der Waals surface area (Å²) in [5, 5.41) is 4.96. The molecule has 1 heterocycles. The Kier molecular flexibility index (Phi) is 9.89. The summed E-state index contributed by atoms with van der Waals surface area (Å²) in [6, 6.07) is 96.9. The van der Waals surface area contributed by atoms with E-state index in [1.165, 1.54) is 88.3 Å². The normalized spacial score (nSPS) is 11.3. The van der Waals surface area contributed by atoms with Gasteiger partial charge in [-0.2, -0.15) is 0 Å². The van der Waals surface area contributed by atoms with Gasteiger partial charge in [0.25, 0.3) is 0 Å². The number of hydrogen-bond donors (Lipinski definition) is 0. The largest absolute Gasteiger partial charge is 0.310 e. The third-order valence-corrected chi connectivity index (χ3v) is 13.0. The maximum Gasteiger partial charge on any atom is 0.0618 e. The average Bonchev–Trinajstić information content (AvgIpc) is 3.73. The first kappa shape index (κ1) is 38.9. The third-order valence-electron chi connectivity index (χ3n) is 13.0. The van der Waals surface area contributed by atoms with Crippen LogP contribution >= 0.6 is 0 Å². The van der Waals surface area contributed by atoms with E-state index in [-0.39, 0.29) is 0 Å². The van der Waals surface area contributed by atoms with E-state index in [1.807, 2.05) is 0 Å². The molecule has 11 aromatic carbocycles. The van der Waals surface area contributed by atoms with Crippen LogP contribution in [0, 0.1) is 0 Å². The fourth-order valence-corrected chi connectivity index (χ4v) is 9.75. The van der Waals surface area contributed by atoms with Gasteiger partial charge in [-0.1, -0.05) is 212 Å². The van der Waals surface area contributed by atoms with E-state index in [2.05, 4.69) is 276 Å². The Bertz CT molecular complexity index is 3610. The molecule has 0 aliphatic rings. The minimum Gasteiger partial charge on any atom is -0.310 e. The number of hydrogen-bond acceptors (Lipinski definition) is 1. The summed E-state index contributed by atoms with van der Waals surface area (Å²) in [5.74, 6) is 0. The molecule has 0 atom stereocenters. The predicted molar refractivity (Wildman–Crippen MR) is 280 cm³/mol. The van der Waals surface area contributed by atoms with Crippen LogP contribution in [0.4, 0.5) is 17.1 Å². The molecule has 0 unspecified atom stereocenters. The quantitative estimate of drug-likeness (QED) is 0.141. The summed E-state index contributed by atoms with van der Waals surface area (Å²) in [6.07, 6.45) is 0. The van der Waals surface area contributed by atoms with Gasteiger partial charge in [-0.15, -0.1) is 0 Å². The standard InChI is InChI=1S/C64H44N2/c1-3-15-45(16-4-1)47-29-31-48(32-30-47)49-35-39-55(40-36-49)65(57-22-13-21-53(44-57)54-34-33-46-17-7-8-20-52(46)43-54)56-41-37-51(38-42-56)59-26-14-25-58(50-18-5-2-6-19-50)64(59)66-62-27-11-9-23-60(62)61-24-10-12-28-63(61)66/h1-44H. The molecule has 1 aromatic heterocycles. The lowest BCUT2D eigenvalue weighted by Gasteiger charge is -2.27. The maximum atomic E-state index is 2.47. The highest BCUT2D eigenvalue weighted by atomic mass is 15.1. The smallest absolute Gasteiger partial charge is 0.0618 e. The number of fused-ring (bicyclic) bond motifs is 4. The molecule has 0 saturated heterocycles. The van der Waals surface area contributed by atoms with Crippen LogP contribution in [-0.2, 0) is 0 Å². The first-order chi connectivity index (χ1) is 32.7. The van der Waals surface area contributed by atoms with E-state index in [0.29, 0.717) is 0 Å². The lowest BCUT2D eigenvalue weighted by Crippen LogP contribution is -2.10. The van der Waals surface area contributed by atoms with Gasteiger partial charge in [0.2, 0.25) is 0 Å². The summed E-state index contributed by atoms with van der Waals surface area (Å²) in [4.78, 5) is 2.38. The Morgan fingerprint density at radius 2 is 0.652 bits per heavy atom. The van der Waals surface area contributed by atoms with Gasteiger partial charge >= 0.3 is 0 Å². The monoisotopic (exact) mass is 840 g/mol. The van der Waals surface area contributed by atoms with Gasteiger partial charge in [0.15, 0.2) is 0 Å². The number of nitrogens with zero attached hydrogens (tertiary/aromatic N) is 2. The zero-order chi connectivity index (χ0) is 43.8. The van der Waals surface area contributed by atoms with Crippen molar-refractivity contribution in [2.24, 2.45) is 0 Å². The minimum atomic E-state index is 1.08. The number of benzene rings is 11. The molecule has 0 amide bonds. The molecule has 0 fully saturated rings. The number of aromatic nitrogens is 1. The van der Waals surface area contributed by atoms with Crippen LogP contribution in [-0.4, -0.2) is 4.57 Å². The maximum absolute atomic E-state index is 2.47. The number of para-hydroxylation sites is 3. The summed E-state index contributed by atoms with van der Waals surface area (Å²) in [7, 11) is 0. The highest BCUT2D eigenvalue weighted by molar-refractivity contribution is 6.10. The molecular weight excluding hydrogens is 797 g/mol. The molecule has 0 bridgehead atoms. The highest BCUT2D eigenvalue weighted by Gasteiger charge is 2.21. The van der Waals surface area contributed by atoms with E-state index >= 15 is 0 Å². The first-order valence-electron chi connectivity index (χ1n) is 22.7. The molecular formula is C64H44N2. The summed E-state index contributed by atoms with van der Waals surface area (Å²) < 4.78 is 2.47. The van der Waals surface area contributed by atoms with Crippen LogP contribution in [0.15, 0.2) is 267 Å². The fourth-order valence-electron chi connectivity index (χ4n) is 9.75. The Hall–Kier alpha value is -8.72. The van der Waals surface area contributed by atoms with Gasteiger partial charge in [-0.3, -0.25) is 0 Å². The Labute approximate surface area is 385 Å². The second-order valence-electron chi connectivity index (χ2n) is 16.9. The van der Waals surface area contributed by atoms with E-state index in [4.69, 9.17) is 0 Å². The Morgan fingerprint density at radius 3 is 1.26 bits per heavy atom. The predicted octanol–water partition coefficient (Wildman–Crippen LogP) is 17.7. The van der Waals surface area contributed by atoms with Gasteiger partial charge in [0.05, 0.1) is 16.7 Å². The highest BCUT2D eigenvalue weighted by Crippen LogP contribution is 2.43. The molecule has 0 saturated carbocycles. The van der Waals surface area contributed by atoms with Crippen molar-refractivity contribution in [3.05, 3.63) is 267 Å². The molecule has 0 N–H and O–H groups in total. The molecule has 2 heteroatoms. The fraction of sp³-hybridized carbons (Fsp3) is 0. The van der Waals surface area contributed by atoms with Crippen molar-refractivity contribution < 1.29 is 0 Å². The van der Waals surface area contributed by atoms with E-state index < -0.39 is 0 Å². The lowest BCUT2D eigenvalue weighted by atomic mass is 9.95. The van der Waals surface area contributed by atoms with E-state index in [9.17, 15) is 0 Å². The van der Waals surface area contributed by atoms with Crippen LogP contribution in [0.1, 0.15) is 0 Å². The van der Waals surface area contributed by atoms with Crippen LogP contribution in [0.2, 0.25) is 0 Å². The third kappa shape index (κ3) is 7.12. The second-order valence-corrected chi connectivity index (χ2v) is 16.9. The van der Waals surface area contributed by atoms with Crippen LogP contribution in [0.3, 0.4) is 0 Å². The van der Waals surface area contributed by atoms with Crippen molar-refractivity contribution in [2.75, 3.05) is 4.90 Å². The van der Waals surface area contributed by atoms with Gasteiger partial charge in [-0.25, -0.2) is 0 Å². The molecule has 12 aromatic rings. The second kappa shape index (κ2) is 16.8. The van der Waals surface area contributed by atoms with E-state index in [0.717, 1.165) is 22.6 Å². The van der Waals surface area contributed by atoms with Crippen molar-refractivity contribution in [3.63, 3.8) is 0 Å². The molecule has 0 aliphatic heterocycles. The molecule has 0 radical (unpaired) electrons. The zero-order valence-corrected chi connectivity index (χ0v) is 36.3. The minimum absolute atomic E-state index is 1.08. The Balaban J connectivity index is 0.980. The zero-order valence-electron chi connectivity index (χ0n) is 36.3. The van der Waals surface area contributed by atoms with Crippen LogP contribution in [0.5, 0.6) is 0 Å². The van der Waals surface area contributed by atoms with Crippen molar-refractivity contribution in [1.82, 2.24) is 4.57 Å². The van der Waals surface area contributed by atoms with Gasteiger partial charge in [-0.05, 0) is 110 Å². The van der Waals surface area contributed by atoms with Gasteiger partial charge < -0.3 is 9.47 Å². The van der Waals surface area contributed by atoms with Crippen molar-refractivity contribution in [2.45, 2.75) is 0 Å². The van der Waals surface area contributed by atoms with Gasteiger partial charge in [0, 0.05) is 39.0 Å². The Morgan fingerprint density at radius 1 is 0.242 bits per heavy atom.